The summed E-state index contributed by atoms with van der Waals surface area (Å²) in [5.74, 6) is -0.991. The molecule has 0 aromatic carbocycles. The Balaban J connectivity index is 2.58. The van der Waals surface area contributed by atoms with Crippen molar-refractivity contribution >= 4 is 11.9 Å². The van der Waals surface area contributed by atoms with E-state index < -0.39 is 12.0 Å². The van der Waals surface area contributed by atoms with Crippen molar-refractivity contribution in [3.8, 4) is 0 Å². The first kappa shape index (κ1) is 11.0. The SMILES string of the molecule is CN(C)CC(=O)N1CCCC1C(=O)O. The minimum atomic E-state index is -0.894. The first-order valence-electron chi connectivity index (χ1n) is 4.69. The summed E-state index contributed by atoms with van der Waals surface area (Å²) in [7, 11) is 3.59. The smallest absolute Gasteiger partial charge is 0.326 e. The Morgan fingerprint density at radius 2 is 2.14 bits per heavy atom. The second-order valence-corrected chi connectivity index (χ2v) is 3.82. The predicted octanol–water partition coefficient (Wildman–Crippen LogP) is -0.376. The van der Waals surface area contributed by atoms with Gasteiger partial charge in [-0.05, 0) is 26.9 Å². The van der Waals surface area contributed by atoms with Crippen LogP contribution < -0.4 is 0 Å². The second-order valence-electron chi connectivity index (χ2n) is 3.82. The molecule has 1 saturated heterocycles. The van der Waals surface area contributed by atoms with Crippen LogP contribution in [0.25, 0.3) is 0 Å². The number of nitrogens with zero attached hydrogens (tertiary/aromatic N) is 2. The third-order valence-electron chi connectivity index (χ3n) is 2.31. The van der Waals surface area contributed by atoms with Crippen molar-refractivity contribution in [1.82, 2.24) is 9.80 Å². The summed E-state index contributed by atoms with van der Waals surface area (Å²) in [6, 6.07) is -0.609. The van der Waals surface area contributed by atoms with Gasteiger partial charge in [-0.15, -0.1) is 0 Å². The predicted molar refractivity (Wildman–Crippen MR) is 50.9 cm³/mol. The van der Waals surface area contributed by atoms with Crippen molar-refractivity contribution in [3.05, 3.63) is 0 Å². The molecule has 1 rings (SSSR count). The van der Waals surface area contributed by atoms with Crippen molar-refractivity contribution in [1.29, 1.82) is 0 Å². The average molecular weight is 200 g/mol. The monoisotopic (exact) mass is 200 g/mol. The summed E-state index contributed by atoms with van der Waals surface area (Å²) >= 11 is 0. The highest BCUT2D eigenvalue weighted by Gasteiger charge is 2.33. The number of hydrogen-bond donors (Lipinski definition) is 1. The minimum absolute atomic E-state index is 0.0973. The topological polar surface area (TPSA) is 60.9 Å². The summed E-state index contributed by atoms with van der Waals surface area (Å²) < 4.78 is 0. The van der Waals surface area contributed by atoms with Crippen LogP contribution in [0.4, 0.5) is 0 Å². The highest BCUT2D eigenvalue weighted by atomic mass is 16.4. The highest BCUT2D eigenvalue weighted by Crippen LogP contribution is 2.17. The molecule has 1 aliphatic heterocycles. The number of rotatable bonds is 3. The van der Waals surface area contributed by atoms with E-state index in [1.54, 1.807) is 19.0 Å². The Labute approximate surface area is 83.3 Å². The van der Waals surface area contributed by atoms with E-state index in [2.05, 4.69) is 0 Å². The Morgan fingerprint density at radius 1 is 1.50 bits per heavy atom. The number of carboxylic acids is 1. The van der Waals surface area contributed by atoms with Gasteiger partial charge >= 0.3 is 5.97 Å². The largest absolute Gasteiger partial charge is 0.480 e. The van der Waals surface area contributed by atoms with Gasteiger partial charge < -0.3 is 14.9 Å². The number of carboxylic acid groups (broad SMARTS) is 1. The van der Waals surface area contributed by atoms with Gasteiger partial charge in [0.2, 0.25) is 5.91 Å². The lowest BCUT2D eigenvalue weighted by atomic mass is 10.2. The van der Waals surface area contributed by atoms with Gasteiger partial charge in [-0.25, -0.2) is 4.79 Å². The quantitative estimate of drug-likeness (QED) is 0.675. The minimum Gasteiger partial charge on any atom is -0.480 e. The Kier molecular flexibility index (Phi) is 3.46. The number of carbonyl (C=O) groups is 2. The molecule has 14 heavy (non-hydrogen) atoms. The molecule has 1 fully saturated rings. The lowest BCUT2D eigenvalue weighted by molar-refractivity contribution is -0.148. The molecule has 1 amide bonds. The van der Waals surface area contributed by atoms with Crippen LogP contribution in [0.5, 0.6) is 0 Å². The highest BCUT2D eigenvalue weighted by molar-refractivity contribution is 5.85. The molecule has 1 N–H and O–H groups in total. The van der Waals surface area contributed by atoms with Crippen molar-refractivity contribution in [2.24, 2.45) is 0 Å². The lowest BCUT2D eigenvalue weighted by Gasteiger charge is -2.22. The van der Waals surface area contributed by atoms with Crippen LogP contribution in [0.2, 0.25) is 0 Å². The molecule has 5 heteroatoms. The maximum Gasteiger partial charge on any atom is 0.326 e. The average Bonchev–Trinajstić information content (AvgIpc) is 2.49. The Hall–Kier alpha value is -1.10. The van der Waals surface area contributed by atoms with Crippen molar-refractivity contribution in [2.45, 2.75) is 18.9 Å². The van der Waals surface area contributed by atoms with Gasteiger partial charge in [0.05, 0.1) is 6.54 Å². The molecular weight excluding hydrogens is 184 g/mol. The standard InChI is InChI=1S/C9H16N2O3/c1-10(2)6-8(12)11-5-3-4-7(11)9(13)14/h7H,3-6H2,1-2H3,(H,13,14). The van der Waals surface area contributed by atoms with E-state index in [0.717, 1.165) is 6.42 Å². The Morgan fingerprint density at radius 3 is 2.64 bits per heavy atom. The maximum absolute atomic E-state index is 11.6. The van der Waals surface area contributed by atoms with Crippen LogP contribution in [-0.2, 0) is 9.59 Å². The maximum atomic E-state index is 11.6. The van der Waals surface area contributed by atoms with Crippen LogP contribution >= 0.6 is 0 Å². The fraction of sp³-hybridized carbons (Fsp3) is 0.778. The number of likely N-dealkylation sites (tertiary alicyclic amines) is 1. The fourth-order valence-corrected chi connectivity index (χ4v) is 1.68. The molecule has 80 valence electrons. The van der Waals surface area contributed by atoms with Crippen LogP contribution in [0.3, 0.4) is 0 Å². The first-order valence-corrected chi connectivity index (χ1v) is 4.69. The molecule has 1 unspecified atom stereocenters. The lowest BCUT2D eigenvalue weighted by Crippen LogP contribution is -2.44. The van der Waals surface area contributed by atoms with E-state index in [1.807, 2.05) is 0 Å². The number of aliphatic carboxylic acids is 1. The van der Waals surface area contributed by atoms with Crippen molar-refractivity contribution < 1.29 is 14.7 Å². The van der Waals surface area contributed by atoms with Gasteiger partial charge in [-0.2, -0.15) is 0 Å². The second kappa shape index (κ2) is 4.41. The summed E-state index contributed by atoms with van der Waals surface area (Å²) in [5, 5.41) is 8.86. The molecule has 0 radical (unpaired) electrons. The summed E-state index contributed by atoms with van der Waals surface area (Å²) in [6.45, 7) is 0.855. The third-order valence-corrected chi connectivity index (χ3v) is 2.31. The van der Waals surface area contributed by atoms with Gasteiger partial charge in [0.15, 0.2) is 0 Å². The molecule has 0 aromatic rings. The van der Waals surface area contributed by atoms with E-state index >= 15 is 0 Å². The van der Waals surface area contributed by atoms with E-state index in [9.17, 15) is 9.59 Å². The van der Waals surface area contributed by atoms with E-state index in [0.29, 0.717) is 13.0 Å². The molecule has 0 aliphatic carbocycles. The van der Waals surface area contributed by atoms with Crippen molar-refractivity contribution in [2.75, 3.05) is 27.2 Å². The Bertz CT molecular complexity index is 240. The number of amides is 1. The summed E-state index contributed by atoms with van der Waals surface area (Å²) in [4.78, 5) is 25.6. The summed E-state index contributed by atoms with van der Waals surface area (Å²) in [5.41, 5.74) is 0. The van der Waals surface area contributed by atoms with Crippen LogP contribution in [0.15, 0.2) is 0 Å². The zero-order valence-electron chi connectivity index (χ0n) is 8.56. The van der Waals surface area contributed by atoms with Crippen molar-refractivity contribution in [3.63, 3.8) is 0 Å². The van der Waals surface area contributed by atoms with Crippen LogP contribution in [0, 0.1) is 0 Å². The van der Waals surface area contributed by atoms with E-state index in [-0.39, 0.29) is 12.5 Å². The summed E-state index contributed by atoms with van der Waals surface area (Å²) in [6.07, 6.45) is 1.37. The van der Waals surface area contributed by atoms with Gasteiger partial charge in [0, 0.05) is 6.54 Å². The molecule has 1 atom stereocenters. The van der Waals surface area contributed by atoms with Gasteiger partial charge in [0.1, 0.15) is 6.04 Å². The number of likely N-dealkylation sites (N-methyl/N-ethyl adjacent to an activating group) is 1. The normalized spacial score (nSPS) is 21.6. The van der Waals surface area contributed by atoms with Crippen LogP contribution in [-0.4, -0.2) is 60.0 Å². The fourth-order valence-electron chi connectivity index (χ4n) is 1.68. The first-order chi connectivity index (χ1) is 6.52. The molecule has 0 aromatic heterocycles. The van der Waals surface area contributed by atoms with E-state index in [1.165, 1.54) is 4.90 Å². The molecule has 0 bridgehead atoms. The molecule has 5 nitrogen and oxygen atoms in total. The number of hydrogen-bond acceptors (Lipinski definition) is 3. The van der Waals surface area contributed by atoms with Gasteiger partial charge in [-0.1, -0.05) is 0 Å². The van der Waals surface area contributed by atoms with Gasteiger partial charge in [-0.3, -0.25) is 4.79 Å². The zero-order valence-corrected chi connectivity index (χ0v) is 8.56. The third kappa shape index (κ3) is 2.45. The molecule has 1 heterocycles. The van der Waals surface area contributed by atoms with Crippen LogP contribution in [0.1, 0.15) is 12.8 Å². The molecular formula is C9H16N2O3. The molecule has 1 aliphatic rings. The molecule has 0 spiro atoms. The van der Waals surface area contributed by atoms with Gasteiger partial charge in [0.25, 0.3) is 0 Å². The number of carbonyl (C=O) groups excluding carboxylic acids is 1. The molecule has 0 saturated carbocycles. The zero-order chi connectivity index (χ0) is 10.7. The van der Waals surface area contributed by atoms with E-state index in [4.69, 9.17) is 5.11 Å².